The molecule has 0 bridgehead atoms. The van der Waals surface area contributed by atoms with Crippen LogP contribution in [0.3, 0.4) is 0 Å². The van der Waals surface area contributed by atoms with Crippen LogP contribution >= 0.6 is 0 Å². The lowest BCUT2D eigenvalue weighted by Crippen LogP contribution is -2.30. The predicted molar refractivity (Wildman–Crippen MR) is 103 cm³/mol. The van der Waals surface area contributed by atoms with Crippen LogP contribution in [0.25, 0.3) is 0 Å². The molecule has 0 atom stereocenters. The van der Waals surface area contributed by atoms with Crippen molar-refractivity contribution in [1.29, 1.82) is 0 Å². The highest BCUT2D eigenvalue weighted by atomic mass is 16.6. The van der Waals surface area contributed by atoms with E-state index in [1.807, 2.05) is 13.8 Å². The number of hydrogen-bond donors (Lipinski definition) is 4. The molecule has 2 aromatic rings. The maximum Gasteiger partial charge on any atom is 0.307 e. The number of anilines is 1. The normalized spacial score (nSPS) is 10.7. The summed E-state index contributed by atoms with van der Waals surface area (Å²) >= 11 is 0. The molecule has 27 heavy (non-hydrogen) atoms. The number of nitro groups is 1. The van der Waals surface area contributed by atoms with Crippen LogP contribution < -0.4 is 5.73 Å². The highest BCUT2D eigenvalue weighted by Crippen LogP contribution is 2.17. The van der Waals surface area contributed by atoms with Gasteiger partial charge >= 0.3 is 5.69 Å². The number of rotatable bonds is 5. The summed E-state index contributed by atoms with van der Waals surface area (Å²) in [5.74, 6) is 0. The van der Waals surface area contributed by atoms with E-state index in [2.05, 4.69) is 10.2 Å². The fraction of sp³-hybridized carbons (Fsp3) is 0.625. The molecule has 0 aliphatic carbocycles. The first-order valence-electron chi connectivity index (χ1n) is 7.70. The second-order valence-electron chi connectivity index (χ2n) is 6.56. The van der Waals surface area contributed by atoms with E-state index in [-0.39, 0.29) is 31.9 Å². The van der Waals surface area contributed by atoms with Gasteiger partial charge in [-0.2, -0.15) is 10.2 Å². The smallest absolute Gasteiger partial charge is 0.307 e. The third-order valence-electron chi connectivity index (χ3n) is 3.40. The second kappa shape index (κ2) is 11.3. The topological polar surface area (TPSA) is 165 Å². The van der Waals surface area contributed by atoms with Gasteiger partial charge in [0.2, 0.25) is 0 Å². The first-order valence-corrected chi connectivity index (χ1v) is 7.70. The molecule has 11 nitrogen and oxygen atoms in total. The van der Waals surface area contributed by atoms with Gasteiger partial charge in [0.25, 0.3) is 0 Å². The van der Waals surface area contributed by atoms with E-state index < -0.39 is 10.5 Å². The lowest BCUT2D eigenvalue weighted by molar-refractivity contribution is -0.385. The SMILES string of the molecule is C.CC(C)(CO)n1cc(N)cn1.CC(C)(CO)n1cc([N+](=O)[O-])cn1.CO. The Bertz CT molecular complexity index is 680. The summed E-state index contributed by atoms with van der Waals surface area (Å²) < 4.78 is 3.04. The van der Waals surface area contributed by atoms with Crippen LogP contribution in [0, 0.1) is 10.1 Å². The molecule has 5 N–H and O–H groups in total. The number of aliphatic hydroxyl groups is 3. The Kier molecular flexibility index (Phi) is 11.1. The molecule has 0 saturated carbocycles. The largest absolute Gasteiger partial charge is 0.400 e. The van der Waals surface area contributed by atoms with E-state index in [1.165, 1.54) is 10.9 Å². The van der Waals surface area contributed by atoms with Crippen LogP contribution in [0.5, 0.6) is 0 Å². The fourth-order valence-electron chi connectivity index (χ4n) is 1.55. The van der Waals surface area contributed by atoms with E-state index in [4.69, 9.17) is 21.1 Å². The van der Waals surface area contributed by atoms with Gasteiger partial charge in [-0.25, -0.2) is 0 Å². The Balaban J connectivity index is 0. The molecule has 2 heterocycles. The summed E-state index contributed by atoms with van der Waals surface area (Å²) in [6.07, 6.45) is 5.74. The third kappa shape index (κ3) is 7.72. The second-order valence-corrected chi connectivity index (χ2v) is 6.56. The van der Waals surface area contributed by atoms with Crippen molar-refractivity contribution >= 4 is 11.4 Å². The first-order chi connectivity index (χ1) is 12.0. The van der Waals surface area contributed by atoms with Gasteiger partial charge in [0.15, 0.2) is 0 Å². The zero-order valence-electron chi connectivity index (χ0n) is 15.7. The Morgan fingerprint density at radius 1 is 1.04 bits per heavy atom. The lowest BCUT2D eigenvalue weighted by atomic mass is 10.1. The molecule has 0 aliphatic rings. The maximum atomic E-state index is 10.3. The van der Waals surface area contributed by atoms with Crippen LogP contribution in [0.2, 0.25) is 0 Å². The Labute approximate surface area is 159 Å². The van der Waals surface area contributed by atoms with Crippen molar-refractivity contribution in [3.63, 3.8) is 0 Å². The Morgan fingerprint density at radius 3 is 1.74 bits per heavy atom. The van der Waals surface area contributed by atoms with Crippen LogP contribution in [0.15, 0.2) is 24.8 Å². The van der Waals surface area contributed by atoms with Gasteiger partial charge in [0.05, 0.1) is 41.1 Å². The van der Waals surface area contributed by atoms with Gasteiger partial charge in [0.1, 0.15) is 12.4 Å². The van der Waals surface area contributed by atoms with Gasteiger partial charge in [-0.15, -0.1) is 0 Å². The zero-order chi connectivity index (χ0) is 20.5. The number of nitrogen functional groups attached to an aromatic ring is 1. The van der Waals surface area contributed by atoms with E-state index in [9.17, 15) is 10.1 Å². The number of aromatic nitrogens is 4. The quantitative estimate of drug-likeness (QED) is 0.434. The number of aliphatic hydroxyl groups excluding tert-OH is 3. The van der Waals surface area contributed by atoms with Gasteiger partial charge in [-0.3, -0.25) is 19.5 Å². The van der Waals surface area contributed by atoms with Gasteiger partial charge < -0.3 is 21.1 Å². The summed E-state index contributed by atoms with van der Waals surface area (Å²) in [5, 5.41) is 43.0. The summed E-state index contributed by atoms with van der Waals surface area (Å²) in [4.78, 5) is 9.80. The van der Waals surface area contributed by atoms with E-state index in [0.29, 0.717) is 5.69 Å². The predicted octanol–water partition coefficient (Wildman–Crippen LogP) is 0.956. The standard InChI is InChI=1S/C7H11N3O3.C7H13N3O.CH4O.CH4/c1-7(2,5-11)9-4-6(3-8-9)10(12)13;1-7(2,5-11)10-4-6(8)3-9-10;1-2;/h3-4,11H,5H2,1-2H3;3-4,11H,5,8H2,1-2H3;2H,1H3;1H4. The molecular weight excluding hydrogens is 356 g/mol. The highest BCUT2D eigenvalue weighted by molar-refractivity contribution is 5.30. The van der Waals surface area contributed by atoms with Gasteiger partial charge in [-0.05, 0) is 27.7 Å². The summed E-state index contributed by atoms with van der Waals surface area (Å²) in [6, 6.07) is 0. The van der Waals surface area contributed by atoms with Crippen LogP contribution in [0.1, 0.15) is 35.1 Å². The Morgan fingerprint density at radius 2 is 1.44 bits per heavy atom. The average molecular weight is 388 g/mol. The number of hydrogen-bond acceptors (Lipinski definition) is 8. The van der Waals surface area contributed by atoms with E-state index in [1.54, 1.807) is 30.9 Å². The molecule has 0 aliphatic heterocycles. The first kappa shape index (κ1) is 26.7. The molecule has 0 radical (unpaired) electrons. The van der Waals surface area contributed by atoms with Crippen LogP contribution in [-0.4, -0.2) is 60.1 Å². The minimum absolute atomic E-state index is 0. The van der Waals surface area contributed by atoms with Crippen LogP contribution in [0.4, 0.5) is 11.4 Å². The molecule has 0 saturated heterocycles. The molecule has 0 amide bonds. The molecule has 0 spiro atoms. The maximum absolute atomic E-state index is 10.3. The van der Waals surface area contributed by atoms with Crippen molar-refractivity contribution in [3.8, 4) is 0 Å². The minimum atomic E-state index is -0.603. The minimum Gasteiger partial charge on any atom is -0.400 e. The van der Waals surface area contributed by atoms with E-state index >= 15 is 0 Å². The molecule has 0 aromatic carbocycles. The molecule has 2 rings (SSSR count). The van der Waals surface area contributed by atoms with Gasteiger partial charge in [0, 0.05) is 13.3 Å². The van der Waals surface area contributed by atoms with Crippen molar-refractivity contribution in [2.75, 3.05) is 26.1 Å². The summed E-state index contributed by atoms with van der Waals surface area (Å²) in [7, 11) is 1.00. The van der Waals surface area contributed by atoms with Gasteiger partial charge in [-0.1, -0.05) is 7.43 Å². The fourth-order valence-corrected chi connectivity index (χ4v) is 1.55. The van der Waals surface area contributed by atoms with Crippen molar-refractivity contribution in [3.05, 3.63) is 34.9 Å². The summed E-state index contributed by atoms with van der Waals surface area (Å²) in [6.45, 7) is 7.19. The van der Waals surface area contributed by atoms with Crippen molar-refractivity contribution in [2.24, 2.45) is 0 Å². The Hall–Kier alpha value is -2.50. The molecule has 0 fully saturated rings. The van der Waals surface area contributed by atoms with Crippen LogP contribution in [-0.2, 0) is 11.1 Å². The molecule has 2 aromatic heterocycles. The van der Waals surface area contributed by atoms with Crippen molar-refractivity contribution in [1.82, 2.24) is 19.6 Å². The zero-order valence-corrected chi connectivity index (χ0v) is 15.7. The average Bonchev–Trinajstić information content (AvgIpc) is 3.27. The summed E-state index contributed by atoms with van der Waals surface area (Å²) in [5.41, 5.74) is 5.05. The van der Waals surface area contributed by atoms with Crippen molar-refractivity contribution in [2.45, 2.75) is 46.2 Å². The molecule has 11 heteroatoms. The highest BCUT2D eigenvalue weighted by Gasteiger charge is 2.22. The third-order valence-corrected chi connectivity index (χ3v) is 3.40. The molecular formula is C16H32N6O5. The molecule has 0 unspecified atom stereocenters. The lowest BCUT2D eigenvalue weighted by Gasteiger charge is -2.21. The monoisotopic (exact) mass is 388 g/mol. The number of nitrogens with two attached hydrogens (primary N) is 1. The van der Waals surface area contributed by atoms with Crippen molar-refractivity contribution < 1.29 is 20.2 Å². The molecule has 156 valence electrons. The van der Waals surface area contributed by atoms with E-state index in [0.717, 1.165) is 13.3 Å². The number of nitrogens with zero attached hydrogens (tertiary/aromatic N) is 5.